The van der Waals surface area contributed by atoms with Crippen molar-refractivity contribution < 1.29 is 23.9 Å². The minimum Gasteiger partial charge on any atom is -0.428 e. The molecule has 242 valence electrons. The number of aldehydes is 1. The quantitative estimate of drug-likeness (QED) is 0.136. The van der Waals surface area contributed by atoms with E-state index in [4.69, 9.17) is 14.5 Å². The van der Waals surface area contributed by atoms with Crippen LogP contribution in [0.1, 0.15) is 89.5 Å². The molecular weight excluding hydrogens is 578 g/mol. The minimum atomic E-state index is -0.739. The van der Waals surface area contributed by atoms with Crippen LogP contribution in [0.5, 0.6) is 5.75 Å². The Balaban J connectivity index is 1.37. The number of para-hydroxylation sites is 1. The number of imidazole rings is 1. The molecule has 1 heterocycles. The topological polar surface area (TPSA) is 99.8 Å². The molecule has 0 radical (unpaired) electrons. The molecule has 1 fully saturated rings. The number of aliphatic imine (C=N–C) groups is 1. The van der Waals surface area contributed by atoms with Crippen LogP contribution in [0.25, 0.3) is 17.2 Å². The van der Waals surface area contributed by atoms with Gasteiger partial charge in [-0.05, 0) is 81.7 Å². The molecule has 3 atom stereocenters. The van der Waals surface area contributed by atoms with E-state index in [0.717, 1.165) is 72.3 Å². The summed E-state index contributed by atoms with van der Waals surface area (Å²) < 4.78 is 13.2. The Morgan fingerprint density at radius 2 is 1.83 bits per heavy atom. The van der Waals surface area contributed by atoms with Crippen molar-refractivity contribution in [1.82, 2.24) is 9.55 Å². The second-order valence-electron chi connectivity index (χ2n) is 13.6. The highest BCUT2D eigenvalue weighted by Gasteiger charge is 2.34. The van der Waals surface area contributed by atoms with Crippen molar-refractivity contribution in [2.45, 2.75) is 91.7 Å². The number of hydrogen-bond acceptors (Lipinski definition) is 6. The number of fused-ring (bicyclic) bond motifs is 1. The van der Waals surface area contributed by atoms with Crippen molar-refractivity contribution in [2.75, 3.05) is 0 Å². The predicted molar refractivity (Wildman–Crippen MR) is 180 cm³/mol. The van der Waals surface area contributed by atoms with Crippen molar-refractivity contribution in [3.63, 3.8) is 0 Å². The predicted octanol–water partition coefficient (Wildman–Crippen LogP) is 8.04. The highest BCUT2D eigenvalue weighted by atomic mass is 16.7. The standard InChI is InChI=1S/C38H45N3O5/c1-6-7-12-35-40-32-20-19-29(39-36(43)31-21-25(2)13-16-28(31)24-42)22-33(32)41(35)23-26-14-17-27(18-15-26)30-10-8-9-11-34(30)45-37(44)46-38(3,4)5/h8-11,14-15,17-20,24-25,28,31H,6-7,12-13,16,21-23H2,1-5H3. The Hall–Kier alpha value is -4.33. The number of unbranched alkanes of at least 4 members (excludes halogenated alkanes) is 1. The lowest BCUT2D eigenvalue weighted by Crippen LogP contribution is -2.31. The first-order valence-corrected chi connectivity index (χ1v) is 16.5. The molecule has 1 amide bonds. The van der Waals surface area contributed by atoms with Gasteiger partial charge in [0, 0.05) is 36.8 Å². The maximum absolute atomic E-state index is 13.3. The van der Waals surface area contributed by atoms with Crippen LogP contribution < -0.4 is 4.74 Å². The second-order valence-corrected chi connectivity index (χ2v) is 13.6. The summed E-state index contributed by atoms with van der Waals surface area (Å²) in [6, 6.07) is 15.6. The lowest BCUT2D eigenvalue weighted by Gasteiger charge is -2.29. The average Bonchev–Trinajstić information content (AvgIpc) is 3.35. The van der Waals surface area contributed by atoms with E-state index < -0.39 is 11.8 Å². The fraction of sp³-hybridized carbons (Fsp3) is 0.447. The van der Waals surface area contributed by atoms with E-state index in [-0.39, 0.29) is 17.7 Å². The summed E-state index contributed by atoms with van der Waals surface area (Å²) in [5.74, 6) is 1.10. The van der Waals surface area contributed by atoms with Gasteiger partial charge in [-0.15, -0.1) is 0 Å². The number of aromatic nitrogens is 2. The number of carbonyl (C=O) groups is 3. The Bertz CT molecular complexity index is 1630. The lowest BCUT2D eigenvalue weighted by atomic mass is 9.75. The second kappa shape index (κ2) is 14.4. The Morgan fingerprint density at radius 1 is 1.07 bits per heavy atom. The summed E-state index contributed by atoms with van der Waals surface area (Å²) in [6.07, 6.45) is 9.95. The van der Waals surface area contributed by atoms with Gasteiger partial charge in [0.2, 0.25) is 5.91 Å². The number of carbonyl (C=O) groups excluding carboxylic acids is 3. The summed E-state index contributed by atoms with van der Waals surface area (Å²) in [5, 5.41) is 0. The zero-order valence-corrected chi connectivity index (χ0v) is 27.6. The summed E-state index contributed by atoms with van der Waals surface area (Å²) >= 11 is 0. The van der Waals surface area contributed by atoms with E-state index in [2.05, 4.69) is 35.5 Å². The largest absolute Gasteiger partial charge is 0.514 e. The number of hydrogen-bond donors (Lipinski definition) is 0. The Morgan fingerprint density at radius 3 is 2.54 bits per heavy atom. The van der Waals surface area contributed by atoms with Gasteiger partial charge in [0.25, 0.3) is 0 Å². The van der Waals surface area contributed by atoms with Gasteiger partial charge in [-0.25, -0.2) is 14.8 Å². The monoisotopic (exact) mass is 623 g/mol. The van der Waals surface area contributed by atoms with Crippen LogP contribution in [0.2, 0.25) is 0 Å². The van der Waals surface area contributed by atoms with Crippen molar-refractivity contribution in [1.29, 1.82) is 0 Å². The van der Waals surface area contributed by atoms with Gasteiger partial charge in [-0.3, -0.25) is 4.79 Å². The molecule has 8 nitrogen and oxygen atoms in total. The minimum absolute atomic E-state index is 0.185. The van der Waals surface area contributed by atoms with Gasteiger partial charge in [-0.2, -0.15) is 0 Å². The van der Waals surface area contributed by atoms with E-state index >= 15 is 0 Å². The normalized spacial score (nSPS) is 20.3. The van der Waals surface area contributed by atoms with E-state index in [1.54, 1.807) is 26.8 Å². The first-order chi connectivity index (χ1) is 22.0. The molecule has 0 saturated heterocycles. The van der Waals surface area contributed by atoms with Gasteiger partial charge in [0.1, 0.15) is 23.5 Å². The Kier molecular flexibility index (Phi) is 10.3. The van der Waals surface area contributed by atoms with Gasteiger partial charge in [0.15, 0.2) is 0 Å². The van der Waals surface area contributed by atoms with Gasteiger partial charge < -0.3 is 18.8 Å². The van der Waals surface area contributed by atoms with Gasteiger partial charge in [-0.1, -0.05) is 62.7 Å². The highest BCUT2D eigenvalue weighted by Crippen LogP contribution is 2.34. The van der Waals surface area contributed by atoms with Crippen molar-refractivity contribution in [2.24, 2.45) is 22.7 Å². The number of aryl methyl sites for hydroxylation is 1. The van der Waals surface area contributed by atoms with Crippen molar-refractivity contribution in [3.05, 3.63) is 77.4 Å². The van der Waals surface area contributed by atoms with E-state index in [1.807, 2.05) is 42.5 Å². The van der Waals surface area contributed by atoms with Gasteiger partial charge >= 0.3 is 6.16 Å². The molecule has 3 unspecified atom stereocenters. The van der Waals surface area contributed by atoms with Crippen LogP contribution in [0.4, 0.5) is 4.79 Å². The molecule has 2 aliphatic carbocycles. The molecule has 5 rings (SSSR count). The summed E-state index contributed by atoms with van der Waals surface area (Å²) in [5.41, 5.74) is 4.83. The van der Waals surface area contributed by atoms with Crippen LogP contribution in [-0.2, 0) is 33.7 Å². The van der Waals surface area contributed by atoms with Crippen LogP contribution in [-0.4, -0.2) is 39.2 Å². The zero-order valence-electron chi connectivity index (χ0n) is 27.6. The first-order valence-electron chi connectivity index (χ1n) is 16.5. The molecule has 2 aliphatic rings. The SMILES string of the molecule is CCCCc1nc2c(n1Cc1ccc(-c3ccccc3OC(=O)OC(C)(C)C)cc1)CC(=NC(=O)C1CC(C)CCC1C=O)C=C2. The molecular formula is C38H45N3O5. The molecule has 1 aromatic heterocycles. The van der Waals surface area contributed by atoms with E-state index in [1.165, 1.54) is 0 Å². The number of rotatable bonds is 9. The van der Waals surface area contributed by atoms with Gasteiger partial charge in [0.05, 0.1) is 17.1 Å². The molecule has 0 aliphatic heterocycles. The van der Waals surface area contributed by atoms with Crippen LogP contribution in [0.15, 0.2) is 59.6 Å². The average molecular weight is 624 g/mol. The third-order valence-electron chi connectivity index (χ3n) is 8.71. The number of amides is 1. The van der Waals surface area contributed by atoms with Crippen LogP contribution in [0, 0.1) is 17.8 Å². The maximum atomic E-state index is 13.3. The Labute approximate surface area is 271 Å². The number of nitrogens with zero attached hydrogens (tertiary/aromatic N) is 3. The fourth-order valence-electron chi connectivity index (χ4n) is 6.27. The third-order valence-corrected chi connectivity index (χ3v) is 8.71. The zero-order chi connectivity index (χ0) is 32.8. The lowest BCUT2D eigenvalue weighted by molar-refractivity contribution is -0.128. The van der Waals surface area contributed by atoms with Crippen LogP contribution >= 0.6 is 0 Å². The molecule has 0 spiro atoms. The van der Waals surface area contributed by atoms with Crippen molar-refractivity contribution in [3.8, 4) is 16.9 Å². The van der Waals surface area contributed by atoms with Crippen LogP contribution in [0.3, 0.4) is 0 Å². The molecule has 0 bridgehead atoms. The molecule has 3 aromatic rings. The number of allylic oxidation sites excluding steroid dienone is 1. The molecule has 46 heavy (non-hydrogen) atoms. The smallest absolute Gasteiger partial charge is 0.428 e. The van der Waals surface area contributed by atoms with E-state index in [0.29, 0.717) is 36.8 Å². The third kappa shape index (κ3) is 8.08. The summed E-state index contributed by atoms with van der Waals surface area (Å²) in [4.78, 5) is 46.9. The maximum Gasteiger partial charge on any atom is 0.514 e. The first kappa shape index (κ1) is 33.0. The number of benzene rings is 2. The fourth-order valence-corrected chi connectivity index (χ4v) is 6.27. The summed E-state index contributed by atoms with van der Waals surface area (Å²) in [7, 11) is 0. The molecule has 8 heteroatoms. The van der Waals surface area contributed by atoms with Crippen molar-refractivity contribution >= 4 is 30.1 Å². The molecule has 2 aromatic carbocycles. The highest BCUT2D eigenvalue weighted by molar-refractivity contribution is 6.07. The molecule has 0 N–H and O–H groups in total. The van der Waals surface area contributed by atoms with E-state index in [9.17, 15) is 14.4 Å². The summed E-state index contributed by atoms with van der Waals surface area (Å²) in [6.45, 7) is 10.3. The number of ether oxygens (including phenoxy) is 2. The molecule has 1 saturated carbocycles.